The molecule has 0 nitrogen and oxygen atoms in total. The van der Waals surface area contributed by atoms with Gasteiger partial charge in [0.15, 0.2) is 0 Å². The summed E-state index contributed by atoms with van der Waals surface area (Å²) in [7, 11) is 0. The molecule has 0 aromatic carbocycles. The summed E-state index contributed by atoms with van der Waals surface area (Å²) in [5.41, 5.74) is 0. The first-order valence-corrected chi connectivity index (χ1v) is 2.82. The van der Waals surface area contributed by atoms with Crippen LogP contribution in [0.15, 0.2) is 0 Å². The molecule has 46 valence electrons. The molecule has 0 N–H and O–H groups in total. The van der Waals surface area contributed by atoms with Crippen molar-refractivity contribution in [3.63, 3.8) is 0 Å². The number of rotatable bonds is 0. The molecule has 1 aliphatic rings. The molecule has 0 saturated heterocycles. The average Bonchev–Trinajstić information content (AvgIpc) is 1.72. The van der Waals surface area contributed by atoms with Crippen molar-refractivity contribution in [2.45, 2.75) is 32.1 Å². The van der Waals surface area contributed by atoms with Gasteiger partial charge in [0, 0.05) is 0 Å². The zero-order valence-electron chi connectivity index (χ0n) is 5.61. The molecular formula is C7H14U. The molecule has 0 bridgehead atoms. The predicted octanol–water partition coefficient (Wildman–Crippen LogP) is 2.61. The van der Waals surface area contributed by atoms with Crippen molar-refractivity contribution in [1.29, 1.82) is 0 Å². The largest absolute Gasteiger partial charge is 2.00 e. The monoisotopic (exact) mass is 336 g/mol. The molecule has 0 atom stereocenters. The van der Waals surface area contributed by atoms with E-state index in [0.29, 0.717) is 0 Å². The van der Waals surface area contributed by atoms with E-state index >= 15 is 0 Å². The Kier molecular flexibility index (Phi) is 11.9. The Morgan fingerprint density at radius 3 is 1.50 bits per heavy atom. The van der Waals surface area contributed by atoms with Crippen LogP contribution in [0.4, 0.5) is 0 Å². The third-order valence-electron chi connectivity index (χ3n) is 1.32. The first kappa shape index (κ1) is 11.8. The van der Waals surface area contributed by atoms with E-state index in [1.807, 2.05) is 0 Å². The van der Waals surface area contributed by atoms with Crippen LogP contribution in [0.1, 0.15) is 32.1 Å². The fourth-order valence-corrected chi connectivity index (χ4v) is 0.898. The predicted molar refractivity (Wildman–Crippen MR) is 33.8 cm³/mol. The molecule has 1 saturated carbocycles. The summed E-state index contributed by atoms with van der Waals surface area (Å²) < 4.78 is 0. The van der Waals surface area contributed by atoms with E-state index in [9.17, 15) is 0 Å². The van der Waals surface area contributed by atoms with Crippen molar-refractivity contribution in [1.82, 2.24) is 0 Å². The van der Waals surface area contributed by atoms with Crippen LogP contribution in [-0.4, -0.2) is 0 Å². The van der Waals surface area contributed by atoms with Crippen molar-refractivity contribution >= 4 is 0 Å². The molecule has 1 fully saturated rings. The quantitative estimate of drug-likeness (QED) is 0.597. The third kappa shape index (κ3) is 5.19. The molecule has 8 heavy (non-hydrogen) atoms. The fraction of sp³-hybridized carbons (Fsp3) is 0.714. The van der Waals surface area contributed by atoms with Crippen molar-refractivity contribution in [3.05, 3.63) is 13.8 Å². The molecule has 0 unspecified atom stereocenters. The van der Waals surface area contributed by atoms with Gasteiger partial charge in [-0.3, -0.25) is 0 Å². The summed E-state index contributed by atoms with van der Waals surface area (Å²) in [4.78, 5) is 0. The summed E-state index contributed by atoms with van der Waals surface area (Å²) in [6.07, 6.45) is 9.50. The molecule has 0 aromatic rings. The van der Waals surface area contributed by atoms with Crippen LogP contribution in [-0.2, 0) is 0 Å². The Hall–Kier alpha value is 1.05. The minimum atomic E-state index is 0. The van der Waals surface area contributed by atoms with Crippen LogP contribution in [0.2, 0.25) is 0 Å². The van der Waals surface area contributed by atoms with Gasteiger partial charge >= 0.3 is 31.1 Å². The summed E-state index contributed by atoms with van der Waals surface area (Å²) in [6, 6.07) is 0. The van der Waals surface area contributed by atoms with Crippen LogP contribution >= 0.6 is 0 Å². The molecule has 0 spiro atoms. The maximum Gasteiger partial charge on any atom is 2.00 e. The van der Waals surface area contributed by atoms with Crippen molar-refractivity contribution in [2.24, 2.45) is 0 Å². The molecule has 0 aliphatic heterocycles. The minimum absolute atomic E-state index is 0. The Labute approximate surface area is 76.8 Å². The standard InChI is InChI=1S/C6H11.CH3.U/c1-2-4-6-5-3-1;;/h1H,2-6H2;1H3;/q2*-1;+2. The van der Waals surface area contributed by atoms with Crippen LogP contribution in [0.25, 0.3) is 0 Å². The van der Waals surface area contributed by atoms with E-state index in [4.69, 9.17) is 0 Å². The second kappa shape index (κ2) is 8.05. The summed E-state index contributed by atoms with van der Waals surface area (Å²) in [5.74, 6) is 0. The zero-order valence-corrected chi connectivity index (χ0v) is 9.78. The van der Waals surface area contributed by atoms with Gasteiger partial charge in [-0.15, -0.1) is 0 Å². The van der Waals surface area contributed by atoms with Gasteiger partial charge in [-0.2, -0.15) is 12.8 Å². The van der Waals surface area contributed by atoms with E-state index in [0.717, 1.165) is 0 Å². The maximum atomic E-state index is 2.39. The van der Waals surface area contributed by atoms with E-state index in [2.05, 4.69) is 6.42 Å². The molecule has 1 rings (SSSR count). The van der Waals surface area contributed by atoms with Crippen LogP contribution in [0, 0.1) is 45.0 Å². The summed E-state index contributed by atoms with van der Waals surface area (Å²) >= 11 is 0. The van der Waals surface area contributed by atoms with Crippen molar-refractivity contribution < 1.29 is 31.1 Å². The minimum Gasteiger partial charge on any atom is -0.358 e. The normalized spacial score (nSPS) is 18.0. The summed E-state index contributed by atoms with van der Waals surface area (Å²) in [5, 5.41) is 0. The zero-order chi connectivity index (χ0) is 4.24. The molecular weight excluding hydrogens is 322 g/mol. The maximum absolute atomic E-state index is 2.39. The number of hydrogen-bond donors (Lipinski definition) is 0. The van der Waals surface area contributed by atoms with Crippen molar-refractivity contribution in [2.75, 3.05) is 0 Å². The van der Waals surface area contributed by atoms with E-state index in [1.165, 1.54) is 32.1 Å². The first-order valence-electron chi connectivity index (χ1n) is 2.82. The Morgan fingerprint density at radius 2 is 1.38 bits per heavy atom. The van der Waals surface area contributed by atoms with Gasteiger partial charge in [0.2, 0.25) is 0 Å². The van der Waals surface area contributed by atoms with E-state index in [-0.39, 0.29) is 38.5 Å². The van der Waals surface area contributed by atoms with Gasteiger partial charge in [0.05, 0.1) is 0 Å². The molecule has 0 radical (unpaired) electrons. The Balaban J connectivity index is 0. The smallest absolute Gasteiger partial charge is 0.358 e. The SMILES string of the molecule is [CH-]1CCCCC1.[CH3-].[U+2]. The Bertz CT molecular complexity index is 19.9. The fourth-order valence-electron chi connectivity index (χ4n) is 0.898. The topological polar surface area (TPSA) is 0 Å². The van der Waals surface area contributed by atoms with Gasteiger partial charge in [-0.1, -0.05) is 19.3 Å². The molecule has 1 aliphatic carbocycles. The van der Waals surface area contributed by atoms with E-state index in [1.54, 1.807) is 0 Å². The van der Waals surface area contributed by atoms with Gasteiger partial charge in [-0.05, 0) is 0 Å². The van der Waals surface area contributed by atoms with Gasteiger partial charge < -0.3 is 13.8 Å². The van der Waals surface area contributed by atoms with E-state index < -0.39 is 0 Å². The third-order valence-corrected chi connectivity index (χ3v) is 1.32. The van der Waals surface area contributed by atoms with Crippen LogP contribution in [0.3, 0.4) is 0 Å². The molecule has 1 heteroatoms. The second-order valence-corrected chi connectivity index (χ2v) is 1.93. The van der Waals surface area contributed by atoms with Crippen LogP contribution in [0.5, 0.6) is 0 Å². The van der Waals surface area contributed by atoms with Gasteiger partial charge in [-0.25, -0.2) is 0 Å². The molecule has 0 amide bonds. The first-order chi connectivity index (χ1) is 3.00. The molecule has 0 aromatic heterocycles. The van der Waals surface area contributed by atoms with Crippen molar-refractivity contribution in [3.8, 4) is 0 Å². The number of hydrogen-bond acceptors (Lipinski definition) is 0. The van der Waals surface area contributed by atoms with Crippen LogP contribution < -0.4 is 0 Å². The van der Waals surface area contributed by atoms with Gasteiger partial charge in [0.1, 0.15) is 0 Å². The second-order valence-electron chi connectivity index (χ2n) is 1.93. The molecule has 0 heterocycles. The summed E-state index contributed by atoms with van der Waals surface area (Å²) in [6.45, 7) is 0. The van der Waals surface area contributed by atoms with Gasteiger partial charge in [0.25, 0.3) is 0 Å². The Morgan fingerprint density at radius 1 is 0.875 bits per heavy atom. The average molecular weight is 336 g/mol.